The molecule has 2 aromatic rings. The summed E-state index contributed by atoms with van der Waals surface area (Å²) in [4.78, 5) is 30.4. The Kier molecular flexibility index (Phi) is 6.79. The van der Waals surface area contributed by atoms with Crippen LogP contribution in [-0.4, -0.2) is 39.7 Å². The fourth-order valence-electron chi connectivity index (χ4n) is 2.80. The number of rotatable bonds is 4. The van der Waals surface area contributed by atoms with Gasteiger partial charge < -0.3 is 5.32 Å². The number of anilines is 2. The third kappa shape index (κ3) is 5.31. The molecule has 176 valence electrons. The van der Waals surface area contributed by atoms with Crippen LogP contribution in [-0.2, 0) is 11.0 Å². The molecule has 0 spiro atoms. The first-order valence-corrected chi connectivity index (χ1v) is 9.99. The van der Waals surface area contributed by atoms with Crippen LogP contribution in [0.1, 0.15) is 5.56 Å². The summed E-state index contributed by atoms with van der Waals surface area (Å²) >= 11 is 17.7. The molecule has 14 heteroatoms. The summed E-state index contributed by atoms with van der Waals surface area (Å²) in [5.41, 5.74) is -1.77. The number of halogens is 8. The number of urea groups is 1. The third-order valence-electron chi connectivity index (χ3n) is 4.40. The Labute approximate surface area is 198 Å². The highest BCUT2D eigenvalue weighted by Gasteiger charge is 2.44. The number of carbonyl (C=O) groups excluding carboxylic acids is 2. The largest absolute Gasteiger partial charge is 0.416 e. The minimum absolute atomic E-state index is 0.331. The van der Waals surface area contributed by atoms with Crippen LogP contribution in [0.2, 0.25) is 0 Å². The maximum absolute atomic E-state index is 14.1. The van der Waals surface area contributed by atoms with E-state index in [-0.39, 0.29) is 11.4 Å². The van der Waals surface area contributed by atoms with E-state index in [4.69, 9.17) is 34.8 Å². The van der Waals surface area contributed by atoms with Crippen LogP contribution < -0.4 is 10.2 Å². The first-order valence-electron chi connectivity index (χ1n) is 8.85. The summed E-state index contributed by atoms with van der Waals surface area (Å²) in [6.45, 7) is 0. The maximum atomic E-state index is 14.1. The molecular weight excluding hydrogens is 518 g/mol. The minimum atomic E-state index is -4.73. The molecule has 3 amide bonds. The molecule has 3 rings (SSSR count). The van der Waals surface area contributed by atoms with Crippen LogP contribution in [0.5, 0.6) is 0 Å². The number of carbonyl (C=O) groups is 2. The molecule has 0 bridgehead atoms. The normalized spacial score (nSPS) is 17.2. The zero-order valence-electron chi connectivity index (χ0n) is 16.3. The van der Waals surface area contributed by atoms with Gasteiger partial charge in [0, 0.05) is 13.1 Å². The second-order valence-electron chi connectivity index (χ2n) is 6.70. The fraction of sp³-hybridized carbons (Fsp3) is 0.211. The van der Waals surface area contributed by atoms with Crippen LogP contribution in [0.3, 0.4) is 0 Å². The molecule has 0 aliphatic carbocycles. The van der Waals surface area contributed by atoms with E-state index in [2.05, 4.69) is 10.3 Å². The van der Waals surface area contributed by atoms with Crippen LogP contribution in [0, 0.1) is 11.6 Å². The van der Waals surface area contributed by atoms with Crippen LogP contribution in [0.15, 0.2) is 47.5 Å². The summed E-state index contributed by atoms with van der Waals surface area (Å²) < 4.78 is 64.4. The van der Waals surface area contributed by atoms with Gasteiger partial charge in [-0.05, 0) is 30.3 Å². The van der Waals surface area contributed by atoms with Gasteiger partial charge in [0.25, 0.3) is 5.91 Å². The molecule has 1 N–H and O–H groups in total. The van der Waals surface area contributed by atoms with Crippen molar-refractivity contribution in [1.82, 2.24) is 4.90 Å². The van der Waals surface area contributed by atoms with Gasteiger partial charge in [0.05, 0.1) is 16.9 Å². The first-order chi connectivity index (χ1) is 15.2. The fourth-order valence-corrected chi connectivity index (χ4v) is 3.11. The summed E-state index contributed by atoms with van der Waals surface area (Å²) in [5.74, 6) is -3.66. The molecule has 0 saturated carbocycles. The number of nitrogens with zero attached hydrogens (tertiary/aromatic N) is 3. The Balaban J connectivity index is 2.09. The number of hydrogen-bond donors (Lipinski definition) is 1. The maximum Gasteiger partial charge on any atom is 0.416 e. The predicted octanol–water partition coefficient (Wildman–Crippen LogP) is 5.59. The summed E-state index contributed by atoms with van der Waals surface area (Å²) in [6.07, 6.45) is -6.44. The van der Waals surface area contributed by atoms with Gasteiger partial charge in [-0.2, -0.15) is 13.2 Å². The highest BCUT2D eigenvalue weighted by atomic mass is 35.6. The van der Waals surface area contributed by atoms with Gasteiger partial charge in [0.2, 0.25) is 9.63 Å². The van der Waals surface area contributed by atoms with E-state index in [0.717, 1.165) is 37.4 Å². The van der Waals surface area contributed by atoms with Gasteiger partial charge in [-0.15, -0.1) is 0 Å². The Morgan fingerprint density at radius 2 is 1.70 bits per heavy atom. The Bertz CT molecular complexity index is 1140. The van der Waals surface area contributed by atoms with E-state index < -0.39 is 51.1 Å². The molecule has 1 unspecified atom stereocenters. The Hall–Kier alpha value is -2.63. The predicted molar refractivity (Wildman–Crippen MR) is 114 cm³/mol. The SMILES string of the molecule is CN1C(=O)C(=NC(Nc2ccc(F)cc2F)C(Cl)(Cl)Cl)N(c2cccc(C(F)(F)F)c2)C1=O. The molecule has 1 atom stereocenters. The quantitative estimate of drug-likeness (QED) is 0.319. The molecule has 1 saturated heterocycles. The summed E-state index contributed by atoms with van der Waals surface area (Å²) in [5, 5.41) is 2.39. The number of alkyl halides is 6. The Morgan fingerprint density at radius 1 is 1.03 bits per heavy atom. The van der Waals surface area contributed by atoms with Crippen molar-refractivity contribution in [3.63, 3.8) is 0 Å². The summed E-state index contributed by atoms with van der Waals surface area (Å²) in [7, 11) is 1.07. The monoisotopic (exact) mass is 528 g/mol. The number of amidine groups is 1. The molecule has 1 heterocycles. The number of imide groups is 1. The molecular formula is C19H12Cl3F5N4O2. The lowest BCUT2D eigenvalue weighted by Crippen LogP contribution is -2.38. The van der Waals surface area contributed by atoms with Crippen molar-refractivity contribution in [2.24, 2.45) is 4.99 Å². The van der Waals surface area contributed by atoms with Crippen molar-refractivity contribution < 1.29 is 31.5 Å². The van der Waals surface area contributed by atoms with Crippen LogP contribution in [0.4, 0.5) is 38.1 Å². The highest BCUT2D eigenvalue weighted by molar-refractivity contribution is 6.68. The van der Waals surface area contributed by atoms with Gasteiger partial charge >= 0.3 is 12.2 Å². The minimum Gasteiger partial charge on any atom is -0.358 e. The molecule has 1 fully saturated rings. The molecule has 1 aliphatic heterocycles. The molecule has 1 aliphatic rings. The average molecular weight is 530 g/mol. The van der Waals surface area contributed by atoms with Crippen LogP contribution >= 0.6 is 34.8 Å². The smallest absolute Gasteiger partial charge is 0.358 e. The number of benzene rings is 2. The molecule has 2 aromatic carbocycles. The van der Waals surface area contributed by atoms with E-state index in [1.165, 1.54) is 0 Å². The van der Waals surface area contributed by atoms with Crippen molar-refractivity contribution >= 4 is 64.0 Å². The van der Waals surface area contributed by atoms with Crippen molar-refractivity contribution in [2.45, 2.75) is 16.1 Å². The van der Waals surface area contributed by atoms with E-state index in [0.29, 0.717) is 21.9 Å². The first kappa shape index (κ1) is 25.0. The molecule has 33 heavy (non-hydrogen) atoms. The average Bonchev–Trinajstić information content (AvgIpc) is 2.91. The van der Waals surface area contributed by atoms with Gasteiger partial charge in [0.1, 0.15) is 11.6 Å². The van der Waals surface area contributed by atoms with E-state index in [9.17, 15) is 31.5 Å². The Morgan fingerprint density at radius 3 is 2.27 bits per heavy atom. The van der Waals surface area contributed by atoms with Gasteiger partial charge in [0.15, 0.2) is 6.17 Å². The highest BCUT2D eigenvalue weighted by Crippen LogP contribution is 2.36. The number of nitrogens with one attached hydrogen (secondary N) is 1. The zero-order chi connectivity index (χ0) is 24.7. The third-order valence-corrected chi connectivity index (χ3v) is 5.02. The number of aliphatic imine (C=N–C) groups is 1. The number of likely N-dealkylation sites (N-methyl/N-ethyl adjacent to an activating group) is 1. The van der Waals surface area contributed by atoms with Crippen molar-refractivity contribution in [2.75, 3.05) is 17.3 Å². The molecule has 6 nitrogen and oxygen atoms in total. The lowest BCUT2D eigenvalue weighted by molar-refractivity contribution is -0.137. The lowest BCUT2D eigenvalue weighted by Gasteiger charge is -2.25. The van der Waals surface area contributed by atoms with Crippen molar-refractivity contribution in [3.8, 4) is 0 Å². The lowest BCUT2D eigenvalue weighted by atomic mass is 10.2. The van der Waals surface area contributed by atoms with Gasteiger partial charge in [-0.3, -0.25) is 9.69 Å². The van der Waals surface area contributed by atoms with E-state index in [1.54, 1.807) is 0 Å². The molecule has 0 aromatic heterocycles. The zero-order valence-corrected chi connectivity index (χ0v) is 18.6. The number of hydrogen-bond acceptors (Lipinski definition) is 4. The summed E-state index contributed by atoms with van der Waals surface area (Å²) in [6, 6.07) is 4.99. The van der Waals surface area contributed by atoms with Gasteiger partial charge in [-0.1, -0.05) is 40.9 Å². The van der Waals surface area contributed by atoms with Gasteiger partial charge in [-0.25, -0.2) is 23.5 Å². The molecule has 0 radical (unpaired) electrons. The standard InChI is InChI=1S/C19H12Cl3F5N4O2/c1-30-15(32)14(31(17(30)33)11-4-2-3-9(7-11)19(25,26)27)29-16(18(20,21)22)28-13-6-5-10(23)8-12(13)24/h2-8,16,28H,1H3. The van der Waals surface area contributed by atoms with Crippen LogP contribution in [0.25, 0.3) is 0 Å². The van der Waals surface area contributed by atoms with Crippen molar-refractivity contribution in [1.29, 1.82) is 0 Å². The van der Waals surface area contributed by atoms with E-state index in [1.807, 2.05) is 0 Å². The number of amides is 3. The van der Waals surface area contributed by atoms with E-state index >= 15 is 0 Å². The topological polar surface area (TPSA) is 65.0 Å². The second-order valence-corrected chi connectivity index (χ2v) is 9.06. The second kappa shape index (κ2) is 8.96. The van der Waals surface area contributed by atoms with Crippen molar-refractivity contribution in [3.05, 3.63) is 59.7 Å².